The van der Waals surface area contributed by atoms with Crippen molar-refractivity contribution in [3.63, 3.8) is 0 Å². The number of rotatable bonds is 5. The van der Waals surface area contributed by atoms with Crippen molar-refractivity contribution in [2.45, 2.75) is 18.4 Å². The summed E-state index contributed by atoms with van der Waals surface area (Å²) in [6.45, 7) is 1.89. The van der Waals surface area contributed by atoms with Gasteiger partial charge in [-0.05, 0) is 42.0 Å². The Labute approximate surface area is 144 Å². The van der Waals surface area contributed by atoms with E-state index in [4.69, 9.17) is 16.0 Å². The maximum atomic E-state index is 12.2. The zero-order valence-electron chi connectivity index (χ0n) is 12.7. The zero-order valence-corrected chi connectivity index (χ0v) is 14.3. The summed E-state index contributed by atoms with van der Waals surface area (Å²) < 4.78 is 32.3. The van der Waals surface area contributed by atoms with Crippen LogP contribution in [0.2, 0.25) is 5.02 Å². The molecule has 2 aromatic carbocycles. The van der Waals surface area contributed by atoms with Gasteiger partial charge in [-0.3, -0.25) is 0 Å². The summed E-state index contributed by atoms with van der Waals surface area (Å²) in [6.07, 6.45) is 0. The van der Waals surface area contributed by atoms with Gasteiger partial charge in [0.2, 0.25) is 21.8 Å². The molecule has 1 heterocycles. The highest BCUT2D eigenvalue weighted by molar-refractivity contribution is 7.89. The second-order valence-electron chi connectivity index (χ2n) is 5.10. The fourth-order valence-corrected chi connectivity index (χ4v) is 3.20. The Morgan fingerprint density at radius 1 is 1.04 bits per heavy atom. The van der Waals surface area contributed by atoms with E-state index in [1.54, 1.807) is 31.2 Å². The van der Waals surface area contributed by atoms with Crippen LogP contribution in [0.3, 0.4) is 0 Å². The average Bonchev–Trinajstić information content (AvgIpc) is 3.00. The van der Waals surface area contributed by atoms with E-state index in [0.29, 0.717) is 16.8 Å². The summed E-state index contributed by atoms with van der Waals surface area (Å²) in [7, 11) is -3.58. The molecule has 0 saturated heterocycles. The Morgan fingerprint density at radius 3 is 2.29 bits per heavy atom. The van der Waals surface area contributed by atoms with Gasteiger partial charge in [0.05, 0.1) is 4.90 Å². The van der Waals surface area contributed by atoms with Gasteiger partial charge in [0.15, 0.2) is 0 Å². The molecule has 0 saturated carbocycles. The highest BCUT2D eigenvalue weighted by atomic mass is 35.5. The van der Waals surface area contributed by atoms with Crippen molar-refractivity contribution in [3.8, 4) is 11.5 Å². The lowest BCUT2D eigenvalue weighted by molar-refractivity contribution is 0.532. The number of nitrogens with one attached hydrogen (secondary N) is 1. The molecular weight excluding hydrogens is 350 g/mol. The van der Waals surface area contributed by atoms with Crippen molar-refractivity contribution in [3.05, 3.63) is 65.0 Å². The summed E-state index contributed by atoms with van der Waals surface area (Å²) in [6, 6.07) is 13.2. The van der Waals surface area contributed by atoms with Crippen molar-refractivity contribution in [1.82, 2.24) is 14.9 Å². The molecule has 1 aromatic heterocycles. The Kier molecular flexibility index (Phi) is 4.66. The predicted octanol–water partition coefficient (Wildman–Crippen LogP) is 3.18. The van der Waals surface area contributed by atoms with Gasteiger partial charge >= 0.3 is 0 Å². The maximum absolute atomic E-state index is 12.2. The Morgan fingerprint density at radius 2 is 1.71 bits per heavy atom. The quantitative estimate of drug-likeness (QED) is 0.752. The molecular formula is C16H14ClN3O3S. The van der Waals surface area contributed by atoms with Crippen LogP contribution >= 0.6 is 11.6 Å². The van der Waals surface area contributed by atoms with Crippen LogP contribution in [0.5, 0.6) is 0 Å². The van der Waals surface area contributed by atoms with Crippen LogP contribution < -0.4 is 4.72 Å². The standard InChI is InChI=1S/C16H14ClN3O3S/c1-11-19-20-16(23-11)13-4-2-12(3-5-13)10-18-24(21,22)15-8-6-14(17)7-9-15/h2-9,18H,10H2,1H3. The highest BCUT2D eigenvalue weighted by Gasteiger charge is 2.13. The first-order chi connectivity index (χ1) is 11.4. The average molecular weight is 364 g/mol. The van der Waals surface area contributed by atoms with Crippen molar-refractivity contribution >= 4 is 21.6 Å². The van der Waals surface area contributed by atoms with E-state index in [1.165, 1.54) is 24.3 Å². The third kappa shape index (κ3) is 3.81. The lowest BCUT2D eigenvalue weighted by Gasteiger charge is -2.07. The topological polar surface area (TPSA) is 85.1 Å². The van der Waals surface area contributed by atoms with Gasteiger partial charge in [-0.25, -0.2) is 13.1 Å². The fourth-order valence-electron chi connectivity index (χ4n) is 2.05. The van der Waals surface area contributed by atoms with Crippen LogP contribution in [-0.2, 0) is 16.6 Å². The van der Waals surface area contributed by atoms with Crippen molar-refractivity contribution in [1.29, 1.82) is 0 Å². The smallest absolute Gasteiger partial charge is 0.247 e. The second kappa shape index (κ2) is 6.72. The Bertz CT molecular complexity index is 935. The molecule has 0 atom stereocenters. The monoisotopic (exact) mass is 363 g/mol. The molecule has 0 aliphatic carbocycles. The molecule has 3 aromatic rings. The highest BCUT2D eigenvalue weighted by Crippen LogP contribution is 2.19. The minimum absolute atomic E-state index is 0.171. The number of hydrogen-bond acceptors (Lipinski definition) is 5. The largest absolute Gasteiger partial charge is 0.421 e. The van der Waals surface area contributed by atoms with Gasteiger partial charge in [0.1, 0.15) is 0 Å². The zero-order chi connectivity index (χ0) is 17.2. The third-order valence-electron chi connectivity index (χ3n) is 3.32. The van der Waals surface area contributed by atoms with Gasteiger partial charge in [0.25, 0.3) is 0 Å². The molecule has 0 unspecified atom stereocenters. The summed E-state index contributed by atoms with van der Waals surface area (Å²) in [4.78, 5) is 0.171. The molecule has 124 valence electrons. The van der Waals surface area contributed by atoms with Crippen LogP contribution in [0.25, 0.3) is 11.5 Å². The first kappa shape index (κ1) is 16.6. The van der Waals surface area contributed by atoms with E-state index >= 15 is 0 Å². The first-order valence-electron chi connectivity index (χ1n) is 7.09. The van der Waals surface area contributed by atoms with Crippen LogP contribution in [0, 0.1) is 6.92 Å². The van der Waals surface area contributed by atoms with Crippen molar-refractivity contribution in [2.75, 3.05) is 0 Å². The summed E-state index contributed by atoms with van der Waals surface area (Å²) in [5.74, 6) is 0.922. The van der Waals surface area contributed by atoms with E-state index in [1.807, 2.05) is 0 Å². The molecule has 8 heteroatoms. The van der Waals surface area contributed by atoms with Crippen LogP contribution in [0.1, 0.15) is 11.5 Å². The number of halogens is 1. The molecule has 3 rings (SSSR count). The Balaban J connectivity index is 1.69. The first-order valence-corrected chi connectivity index (χ1v) is 8.95. The fraction of sp³-hybridized carbons (Fsp3) is 0.125. The number of aryl methyl sites for hydroxylation is 1. The lowest BCUT2D eigenvalue weighted by atomic mass is 10.1. The van der Waals surface area contributed by atoms with E-state index < -0.39 is 10.0 Å². The molecule has 6 nitrogen and oxygen atoms in total. The molecule has 0 radical (unpaired) electrons. The normalized spacial score (nSPS) is 11.6. The Hall–Kier alpha value is -2.22. The molecule has 0 aliphatic rings. The van der Waals surface area contributed by atoms with E-state index in [9.17, 15) is 8.42 Å². The number of hydrogen-bond donors (Lipinski definition) is 1. The summed E-state index contributed by atoms with van der Waals surface area (Å²) in [5, 5.41) is 8.20. The van der Waals surface area contributed by atoms with E-state index in [2.05, 4.69) is 14.9 Å². The molecule has 1 N–H and O–H groups in total. The second-order valence-corrected chi connectivity index (χ2v) is 7.31. The van der Waals surface area contributed by atoms with Crippen LogP contribution in [0.15, 0.2) is 57.8 Å². The predicted molar refractivity (Wildman–Crippen MR) is 89.9 cm³/mol. The lowest BCUT2D eigenvalue weighted by Crippen LogP contribution is -2.23. The van der Waals surface area contributed by atoms with Crippen molar-refractivity contribution < 1.29 is 12.8 Å². The molecule has 0 spiro atoms. The van der Waals surface area contributed by atoms with E-state index in [0.717, 1.165) is 11.1 Å². The minimum Gasteiger partial charge on any atom is -0.421 e. The van der Waals surface area contributed by atoms with Gasteiger partial charge < -0.3 is 4.42 Å². The van der Waals surface area contributed by atoms with Crippen LogP contribution in [-0.4, -0.2) is 18.6 Å². The maximum Gasteiger partial charge on any atom is 0.247 e. The molecule has 0 fully saturated rings. The molecule has 0 amide bonds. The molecule has 0 bridgehead atoms. The van der Waals surface area contributed by atoms with E-state index in [-0.39, 0.29) is 11.4 Å². The third-order valence-corrected chi connectivity index (χ3v) is 4.99. The summed E-state index contributed by atoms with van der Waals surface area (Å²) in [5.41, 5.74) is 1.59. The van der Waals surface area contributed by atoms with Gasteiger partial charge in [-0.2, -0.15) is 0 Å². The number of sulfonamides is 1. The number of aromatic nitrogens is 2. The van der Waals surface area contributed by atoms with Gasteiger partial charge in [-0.15, -0.1) is 10.2 Å². The molecule has 24 heavy (non-hydrogen) atoms. The SMILES string of the molecule is Cc1nnc(-c2ccc(CNS(=O)(=O)c3ccc(Cl)cc3)cc2)o1. The number of benzene rings is 2. The summed E-state index contributed by atoms with van der Waals surface area (Å²) >= 11 is 5.77. The van der Waals surface area contributed by atoms with Gasteiger partial charge in [0, 0.05) is 24.1 Å². The van der Waals surface area contributed by atoms with Gasteiger partial charge in [-0.1, -0.05) is 23.7 Å². The van der Waals surface area contributed by atoms with Crippen molar-refractivity contribution in [2.24, 2.45) is 0 Å². The molecule has 0 aliphatic heterocycles. The minimum atomic E-state index is -3.58. The van der Waals surface area contributed by atoms with Crippen LogP contribution in [0.4, 0.5) is 0 Å². The number of nitrogens with zero attached hydrogens (tertiary/aromatic N) is 2.